The van der Waals surface area contributed by atoms with Crippen molar-refractivity contribution in [3.63, 3.8) is 0 Å². The van der Waals surface area contributed by atoms with E-state index in [0.29, 0.717) is 0 Å². The summed E-state index contributed by atoms with van der Waals surface area (Å²) >= 11 is 0. The molecule has 3 N–H and O–H groups in total. The molecule has 0 amide bonds. The quantitative estimate of drug-likeness (QED) is 0.281. The van der Waals surface area contributed by atoms with Crippen LogP contribution < -0.4 is 15.3 Å². The molecule has 0 heterocycles. The number of benzene rings is 4. The third kappa shape index (κ3) is 5.28. The number of rotatable bonds is 7. The maximum absolute atomic E-state index is 5.15. The number of anilines is 3. The summed E-state index contributed by atoms with van der Waals surface area (Å²) in [5, 5.41) is 11.0. The zero-order valence-electron chi connectivity index (χ0n) is 15.9. The van der Waals surface area contributed by atoms with E-state index in [2.05, 4.69) is 51.7 Å². The molecule has 0 spiro atoms. The molecule has 0 radical (unpaired) electrons. The zero-order valence-corrected chi connectivity index (χ0v) is 16.8. The lowest BCUT2D eigenvalue weighted by Crippen LogP contribution is -2.14. The highest BCUT2D eigenvalue weighted by Crippen LogP contribution is 2.51. The standard InChI is InChI=1S/C24H23N4P/c1-5-13-21(14-6-1)25-29(26-22-15-7-2-8-16-22,27-23-17-9-3-10-18-23)28-24-19-11-4-12-20-24/h1-20,25-27H. The maximum atomic E-state index is 5.15. The Labute approximate surface area is 171 Å². The van der Waals surface area contributed by atoms with Crippen LogP contribution in [0.25, 0.3) is 0 Å². The van der Waals surface area contributed by atoms with Crippen LogP contribution in [0.1, 0.15) is 0 Å². The number of nitrogens with zero attached hydrogens (tertiary/aromatic N) is 1. The van der Waals surface area contributed by atoms with Gasteiger partial charge in [0, 0.05) is 17.1 Å². The van der Waals surface area contributed by atoms with Crippen LogP contribution in [0.4, 0.5) is 22.7 Å². The average Bonchev–Trinajstić information content (AvgIpc) is 2.76. The molecule has 0 aliphatic rings. The van der Waals surface area contributed by atoms with E-state index in [-0.39, 0.29) is 0 Å². The highest BCUT2D eigenvalue weighted by Gasteiger charge is 2.21. The van der Waals surface area contributed by atoms with E-state index in [4.69, 9.17) is 4.74 Å². The van der Waals surface area contributed by atoms with Gasteiger partial charge in [0.2, 0.25) is 7.51 Å². The fourth-order valence-corrected chi connectivity index (χ4v) is 5.29. The van der Waals surface area contributed by atoms with Crippen LogP contribution in [0.5, 0.6) is 0 Å². The molecule has 0 aromatic heterocycles. The zero-order chi connectivity index (χ0) is 19.8. The van der Waals surface area contributed by atoms with E-state index in [1.807, 2.05) is 84.9 Å². The fourth-order valence-electron chi connectivity index (χ4n) is 2.93. The Morgan fingerprint density at radius 2 is 0.724 bits per heavy atom. The Kier molecular flexibility index (Phi) is 5.94. The SMILES string of the molecule is c1ccc(N=P(Nc2ccccc2)(Nc2ccccc2)Nc2ccccc2)cc1. The van der Waals surface area contributed by atoms with E-state index in [1.165, 1.54) is 0 Å². The molecule has 4 nitrogen and oxygen atoms in total. The van der Waals surface area contributed by atoms with Crippen molar-refractivity contribution >= 4 is 30.3 Å². The molecule has 0 atom stereocenters. The second kappa shape index (κ2) is 9.13. The second-order valence-corrected chi connectivity index (χ2v) is 8.65. The summed E-state index contributed by atoms with van der Waals surface area (Å²) in [7, 11) is -2.51. The Balaban J connectivity index is 1.84. The largest absolute Gasteiger partial charge is 0.320 e. The molecule has 29 heavy (non-hydrogen) atoms. The summed E-state index contributed by atoms with van der Waals surface area (Å²) in [6.45, 7) is 0. The first-order valence-electron chi connectivity index (χ1n) is 9.49. The van der Waals surface area contributed by atoms with Gasteiger partial charge in [-0.15, -0.1) is 0 Å². The molecule has 0 aliphatic carbocycles. The molecule has 0 saturated carbocycles. The van der Waals surface area contributed by atoms with Crippen molar-refractivity contribution in [2.24, 2.45) is 4.74 Å². The van der Waals surface area contributed by atoms with E-state index in [1.54, 1.807) is 0 Å². The summed E-state index contributed by atoms with van der Waals surface area (Å²) in [6, 6.07) is 40.5. The van der Waals surface area contributed by atoms with Gasteiger partial charge in [-0.1, -0.05) is 72.8 Å². The van der Waals surface area contributed by atoms with Gasteiger partial charge in [-0.2, -0.15) is 0 Å². The van der Waals surface area contributed by atoms with Gasteiger partial charge in [-0.25, -0.2) is 4.74 Å². The molecular formula is C24H23N4P. The molecule has 0 saturated heterocycles. The van der Waals surface area contributed by atoms with Crippen LogP contribution in [0, 0.1) is 0 Å². The second-order valence-electron chi connectivity index (χ2n) is 6.50. The van der Waals surface area contributed by atoms with Crippen molar-refractivity contribution in [2.75, 3.05) is 15.3 Å². The molecular weight excluding hydrogens is 375 g/mol. The van der Waals surface area contributed by atoms with Crippen molar-refractivity contribution in [2.45, 2.75) is 0 Å². The molecule has 144 valence electrons. The van der Waals surface area contributed by atoms with Gasteiger partial charge in [-0.3, -0.25) is 0 Å². The minimum absolute atomic E-state index is 0.899. The molecule has 5 heteroatoms. The number of nitrogens with one attached hydrogen (secondary N) is 3. The van der Waals surface area contributed by atoms with Gasteiger partial charge in [0.15, 0.2) is 0 Å². The van der Waals surface area contributed by atoms with Crippen molar-refractivity contribution in [3.8, 4) is 0 Å². The van der Waals surface area contributed by atoms with Crippen LogP contribution in [-0.2, 0) is 0 Å². The highest BCUT2D eigenvalue weighted by atomic mass is 31.2. The lowest BCUT2D eigenvalue weighted by molar-refractivity contribution is 1.50. The van der Waals surface area contributed by atoms with E-state index in [9.17, 15) is 0 Å². The highest BCUT2D eigenvalue weighted by molar-refractivity contribution is 7.70. The first kappa shape index (κ1) is 18.9. The maximum Gasteiger partial charge on any atom is 0.241 e. The lowest BCUT2D eigenvalue weighted by Gasteiger charge is -2.30. The summed E-state index contributed by atoms with van der Waals surface area (Å²) in [5.41, 5.74) is 3.88. The van der Waals surface area contributed by atoms with Gasteiger partial charge in [0.1, 0.15) is 0 Å². The Bertz CT molecular complexity index is 961. The summed E-state index contributed by atoms with van der Waals surface area (Å²) in [5.74, 6) is 0. The number of para-hydroxylation sites is 3. The van der Waals surface area contributed by atoms with Crippen LogP contribution in [0.3, 0.4) is 0 Å². The molecule has 4 aromatic rings. The Morgan fingerprint density at radius 1 is 0.414 bits per heavy atom. The van der Waals surface area contributed by atoms with Crippen molar-refractivity contribution < 1.29 is 0 Å². The normalized spacial score (nSPS) is 10.8. The Hall–Kier alpha value is -3.49. The summed E-state index contributed by atoms with van der Waals surface area (Å²) in [6.07, 6.45) is 0. The van der Waals surface area contributed by atoms with Crippen molar-refractivity contribution in [1.29, 1.82) is 0 Å². The first-order valence-corrected chi connectivity index (χ1v) is 11.2. The van der Waals surface area contributed by atoms with Gasteiger partial charge < -0.3 is 15.3 Å². The molecule has 0 unspecified atom stereocenters. The van der Waals surface area contributed by atoms with Gasteiger partial charge in [0.25, 0.3) is 0 Å². The molecule has 0 aliphatic heterocycles. The molecule has 0 bridgehead atoms. The van der Waals surface area contributed by atoms with Crippen molar-refractivity contribution in [3.05, 3.63) is 121 Å². The summed E-state index contributed by atoms with van der Waals surface area (Å²) in [4.78, 5) is 0. The third-order valence-electron chi connectivity index (χ3n) is 4.22. The van der Waals surface area contributed by atoms with Crippen LogP contribution >= 0.6 is 7.51 Å². The molecule has 4 rings (SSSR count). The predicted octanol–water partition coefficient (Wildman–Crippen LogP) is 7.60. The van der Waals surface area contributed by atoms with Gasteiger partial charge in [0.05, 0.1) is 5.69 Å². The smallest absolute Gasteiger partial charge is 0.241 e. The number of hydrogen-bond donors (Lipinski definition) is 3. The van der Waals surface area contributed by atoms with E-state index < -0.39 is 7.51 Å². The van der Waals surface area contributed by atoms with Crippen LogP contribution in [-0.4, -0.2) is 0 Å². The van der Waals surface area contributed by atoms with Gasteiger partial charge >= 0.3 is 0 Å². The minimum atomic E-state index is -2.51. The molecule has 0 fully saturated rings. The predicted molar refractivity (Wildman–Crippen MR) is 126 cm³/mol. The van der Waals surface area contributed by atoms with Gasteiger partial charge in [-0.05, 0) is 48.5 Å². The van der Waals surface area contributed by atoms with Crippen LogP contribution in [0.15, 0.2) is 126 Å². The van der Waals surface area contributed by atoms with Crippen molar-refractivity contribution in [1.82, 2.24) is 0 Å². The lowest BCUT2D eigenvalue weighted by atomic mass is 10.3. The van der Waals surface area contributed by atoms with E-state index in [0.717, 1.165) is 22.7 Å². The van der Waals surface area contributed by atoms with E-state index >= 15 is 0 Å². The fraction of sp³-hybridized carbons (Fsp3) is 0. The Morgan fingerprint density at radius 3 is 1.07 bits per heavy atom. The topological polar surface area (TPSA) is 48.5 Å². The number of hydrogen-bond acceptors (Lipinski definition) is 1. The molecule has 4 aromatic carbocycles. The summed E-state index contributed by atoms with van der Waals surface area (Å²) < 4.78 is 5.15. The average molecular weight is 398 g/mol. The minimum Gasteiger partial charge on any atom is -0.320 e. The third-order valence-corrected chi connectivity index (χ3v) is 6.49. The monoisotopic (exact) mass is 398 g/mol. The van der Waals surface area contributed by atoms with Crippen LogP contribution in [0.2, 0.25) is 0 Å². The first-order chi connectivity index (χ1) is 14.3.